The number of likely N-dealkylation sites (tertiary alicyclic amines) is 2. The van der Waals surface area contributed by atoms with Crippen molar-refractivity contribution in [1.82, 2.24) is 9.80 Å². The number of esters is 1. The lowest BCUT2D eigenvalue weighted by molar-refractivity contribution is 0.0595. The molecular weight excluding hydrogens is 450 g/mol. The van der Waals surface area contributed by atoms with Gasteiger partial charge in [-0.25, -0.2) is 9.18 Å². The monoisotopic (exact) mass is 476 g/mol. The molecule has 0 N–H and O–H groups in total. The molecule has 7 heteroatoms. The number of ether oxygens (including phenoxy) is 1. The minimum Gasteiger partial charge on any atom is -0.465 e. The average molecular weight is 477 g/mol. The van der Waals surface area contributed by atoms with Gasteiger partial charge in [0.15, 0.2) is 0 Å². The first-order chi connectivity index (χ1) is 15.3. The van der Waals surface area contributed by atoms with Gasteiger partial charge in [-0.3, -0.25) is 9.80 Å². The van der Waals surface area contributed by atoms with Crippen LogP contribution in [0.1, 0.15) is 65.2 Å². The molecule has 3 aliphatic rings. The third-order valence-corrected chi connectivity index (χ3v) is 7.72. The molecule has 0 unspecified atom stereocenters. The van der Waals surface area contributed by atoms with Crippen LogP contribution in [0.15, 0.2) is 30.3 Å². The minimum absolute atomic E-state index is 0.0428. The van der Waals surface area contributed by atoms with Gasteiger partial charge >= 0.3 is 5.97 Å². The largest absolute Gasteiger partial charge is 0.465 e. The molecule has 1 saturated carbocycles. The smallest absolute Gasteiger partial charge is 0.340 e. The van der Waals surface area contributed by atoms with Gasteiger partial charge in [-0.1, -0.05) is 23.2 Å². The van der Waals surface area contributed by atoms with E-state index in [1.165, 1.54) is 7.11 Å². The summed E-state index contributed by atoms with van der Waals surface area (Å²) >= 11 is 12.4. The Morgan fingerprint density at radius 3 is 2.44 bits per heavy atom. The molecular formula is C25H27Cl2FN2O2. The second kappa shape index (κ2) is 8.60. The van der Waals surface area contributed by atoms with Gasteiger partial charge in [0.1, 0.15) is 5.82 Å². The number of halogens is 3. The van der Waals surface area contributed by atoms with Crippen LogP contribution in [0, 0.1) is 5.82 Å². The zero-order valence-electron chi connectivity index (χ0n) is 18.3. The molecule has 0 amide bonds. The first kappa shape index (κ1) is 22.1. The quantitative estimate of drug-likeness (QED) is 0.492. The van der Waals surface area contributed by atoms with Gasteiger partial charge in [0.2, 0.25) is 0 Å². The SMILES string of the molecule is COC(=O)c1cc(C2CC2)c(CN2C[C@@H]3C[C@H]2CN3[C@H](C)c2cc(Cl)cc(Cl)c2)cc1F. The maximum Gasteiger partial charge on any atom is 0.340 e. The van der Waals surface area contributed by atoms with Crippen LogP contribution in [0.4, 0.5) is 4.39 Å². The number of hydrogen-bond donors (Lipinski definition) is 0. The molecule has 3 atom stereocenters. The predicted molar refractivity (Wildman–Crippen MR) is 124 cm³/mol. The Bertz CT molecular complexity index is 1040. The van der Waals surface area contributed by atoms with E-state index in [1.54, 1.807) is 18.2 Å². The van der Waals surface area contributed by atoms with Gasteiger partial charge in [-0.05, 0) is 79.1 Å². The molecule has 2 aromatic carbocycles. The number of nitrogens with zero attached hydrogens (tertiary/aromatic N) is 2. The lowest BCUT2D eigenvalue weighted by Gasteiger charge is -2.38. The van der Waals surface area contributed by atoms with Crippen molar-refractivity contribution < 1.29 is 13.9 Å². The number of hydrogen-bond acceptors (Lipinski definition) is 4. The molecule has 170 valence electrons. The number of methoxy groups -OCH3 is 1. The van der Waals surface area contributed by atoms with E-state index in [0.29, 0.717) is 28.0 Å². The Kier molecular flexibility index (Phi) is 5.95. The molecule has 4 nitrogen and oxygen atoms in total. The summed E-state index contributed by atoms with van der Waals surface area (Å²) < 4.78 is 19.4. The molecule has 0 radical (unpaired) electrons. The summed E-state index contributed by atoms with van der Waals surface area (Å²) in [6.07, 6.45) is 3.30. The molecule has 2 aliphatic heterocycles. The van der Waals surface area contributed by atoms with Crippen molar-refractivity contribution in [3.05, 3.63) is 68.4 Å². The maximum absolute atomic E-state index is 14.7. The van der Waals surface area contributed by atoms with E-state index in [-0.39, 0.29) is 11.6 Å². The second-order valence-corrected chi connectivity index (χ2v) is 10.2. The zero-order valence-corrected chi connectivity index (χ0v) is 19.8. The van der Waals surface area contributed by atoms with Crippen molar-refractivity contribution in [2.45, 2.75) is 56.8 Å². The molecule has 0 spiro atoms. The Balaban J connectivity index is 1.31. The zero-order chi connectivity index (χ0) is 22.6. The average Bonchev–Trinajstić information content (AvgIpc) is 3.41. The predicted octanol–water partition coefficient (Wildman–Crippen LogP) is 5.82. The van der Waals surface area contributed by atoms with Crippen LogP contribution in [0.25, 0.3) is 0 Å². The van der Waals surface area contributed by atoms with E-state index in [0.717, 1.165) is 55.6 Å². The van der Waals surface area contributed by atoms with Gasteiger partial charge in [0.25, 0.3) is 0 Å². The van der Waals surface area contributed by atoms with Crippen LogP contribution in [-0.2, 0) is 11.3 Å². The lowest BCUT2D eigenvalue weighted by atomic mass is 9.98. The molecule has 2 bridgehead atoms. The number of rotatable bonds is 6. The highest BCUT2D eigenvalue weighted by Gasteiger charge is 2.45. The normalized spacial score (nSPS) is 24.2. The fraction of sp³-hybridized carbons (Fsp3) is 0.480. The molecule has 1 aliphatic carbocycles. The number of carbonyl (C=O) groups excluding carboxylic acids is 1. The minimum atomic E-state index is -0.609. The van der Waals surface area contributed by atoms with Crippen LogP contribution >= 0.6 is 23.2 Å². The highest BCUT2D eigenvalue weighted by atomic mass is 35.5. The fourth-order valence-corrected chi connectivity index (χ4v) is 6.03. The summed E-state index contributed by atoms with van der Waals surface area (Å²) in [5, 5.41) is 1.32. The fourth-order valence-electron chi connectivity index (χ4n) is 5.48. The highest BCUT2D eigenvalue weighted by Crippen LogP contribution is 2.44. The third-order valence-electron chi connectivity index (χ3n) is 7.29. The molecule has 2 heterocycles. The van der Waals surface area contributed by atoms with Crippen molar-refractivity contribution in [3.8, 4) is 0 Å². The van der Waals surface area contributed by atoms with Gasteiger partial charge in [0.05, 0.1) is 12.7 Å². The van der Waals surface area contributed by atoms with Crippen LogP contribution < -0.4 is 0 Å². The molecule has 0 aromatic heterocycles. The summed E-state index contributed by atoms with van der Waals surface area (Å²) in [6, 6.07) is 10.2. The van der Waals surface area contributed by atoms with Crippen molar-refractivity contribution in [2.24, 2.45) is 0 Å². The molecule has 3 fully saturated rings. The summed E-state index contributed by atoms with van der Waals surface area (Å²) in [5.74, 6) is -0.673. The van der Waals surface area contributed by atoms with Gasteiger partial charge in [-0.15, -0.1) is 0 Å². The van der Waals surface area contributed by atoms with Crippen molar-refractivity contribution in [2.75, 3.05) is 20.2 Å². The van der Waals surface area contributed by atoms with Crippen molar-refractivity contribution in [1.29, 1.82) is 0 Å². The van der Waals surface area contributed by atoms with E-state index in [9.17, 15) is 9.18 Å². The van der Waals surface area contributed by atoms with Crippen LogP contribution in [-0.4, -0.2) is 48.1 Å². The third kappa shape index (κ3) is 4.16. The van der Waals surface area contributed by atoms with Gasteiger partial charge < -0.3 is 4.74 Å². The second-order valence-electron chi connectivity index (χ2n) is 9.35. The van der Waals surface area contributed by atoms with Gasteiger partial charge in [0, 0.05) is 47.8 Å². The summed E-state index contributed by atoms with van der Waals surface area (Å²) in [6.45, 7) is 4.85. The summed E-state index contributed by atoms with van der Waals surface area (Å²) in [4.78, 5) is 17.0. The Morgan fingerprint density at radius 1 is 1.12 bits per heavy atom. The number of carbonyl (C=O) groups is 1. The Hall–Kier alpha value is -1.66. The van der Waals surface area contributed by atoms with Crippen LogP contribution in [0.3, 0.4) is 0 Å². The Labute approximate surface area is 198 Å². The summed E-state index contributed by atoms with van der Waals surface area (Å²) in [7, 11) is 1.29. The molecule has 2 aromatic rings. The van der Waals surface area contributed by atoms with Crippen LogP contribution in [0.2, 0.25) is 10.0 Å². The van der Waals surface area contributed by atoms with E-state index in [4.69, 9.17) is 27.9 Å². The van der Waals surface area contributed by atoms with E-state index >= 15 is 0 Å². The molecule has 2 saturated heterocycles. The van der Waals surface area contributed by atoms with E-state index < -0.39 is 11.8 Å². The first-order valence-electron chi connectivity index (χ1n) is 11.2. The highest BCUT2D eigenvalue weighted by molar-refractivity contribution is 6.34. The van der Waals surface area contributed by atoms with E-state index in [1.807, 2.05) is 12.1 Å². The maximum atomic E-state index is 14.7. The van der Waals surface area contributed by atoms with Crippen molar-refractivity contribution in [3.63, 3.8) is 0 Å². The van der Waals surface area contributed by atoms with Gasteiger partial charge in [-0.2, -0.15) is 0 Å². The molecule has 32 heavy (non-hydrogen) atoms. The van der Waals surface area contributed by atoms with E-state index in [2.05, 4.69) is 16.7 Å². The summed E-state index contributed by atoms with van der Waals surface area (Å²) in [5.41, 5.74) is 3.29. The van der Waals surface area contributed by atoms with Crippen LogP contribution in [0.5, 0.6) is 0 Å². The topological polar surface area (TPSA) is 32.8 Å². The van der Waals surface area contributed by atoms with Crippen molar-refractivity contribution >= 4 is 29.2 Å². The Morgan fingerprint density at radius 2 is 1.84 bits per heavy atom. The standard InChI is InChI=1S/C25H27Cl2FN2O2/c1-14(16-5-18(26)8-19(27)6-16)30-13-20-9-21(30)12-29(20)11-17-7-24(28)23(25(31)32-2)10-22(17)15-3-4-15/h5-8,10,14-15,20-21H,3-4,9,11-13H2,1-2H3/t14-,20+,21+/m1/s1. The number of piperazine rings is 1. The number of benzene rings is 2. The molecule has 5 rings (SSSR count). The lowest BCUT2D eigenvalue weighted by Crippen LogP contribution is -2.46. The first-order valence-corrected chi connectivity index (χ1v) is 12.0. The number of fused-ring (bicyclic) bond motifs is 2.